The molecule has 0 bridgehead atoms. The standard InChI is InChI=1S/C20H20ClF3N2O2/c1-2-28-19(27)15-12-25(11-14-5-3-7-17(21)9-14)26(13-15)18-8-4-6-16(10-18)20(22,23)24/h3-10,15H,2,11-13H2,1H3. The Balaban J connectivity index is 1.89. The van der Waals surface area contributed by atoms with Crippen LogP contribution in [0.3, 0.4) is 0 Å². The smallest absolute Gasteiger partial charge is 0.416 e. The topological polar surface area (TPSA) is 32.8 Å². The Morgan fingerprint density at radius 2 is 1.93 bits per heavy atom. The normalized spacial score (nSPS) is 17.8. The van der Waals surface area contributed by atoms with Crippen LogP contribution in [-0.4, -0.2) is 30.7 Å². The van der Waals surface area contributed by atoms with Crippen molar-refractivity contribution in [1.82, 2.24) is 5.01 Å². The summed E-state index contributed by atoms with van der Waals surface area (Å²) in [5.74, 6) is -0.804. The first-order valence-corrected chi connectivity index (χ1v) is 9.26. The molecule has 150 valence electrons. The molecule has 1 aliphatic heterocycles. The summed E-state index contributed by atoms with van der Waals surface area (Å²) in [6.45, 7) is 2.99. The van der Waals surface area contributed by atoms with Gasteiger partial charge >= 0.3 is 12.1 Å². The van der Waals surface area contributed by atoms with Gasteiger partial charge in [0.2, 0.25) is 0 Å². The van der Waals surface area contributed by atoms with E-state index in [9.17, 15) is 18.0 Å². The summed E-state index contributed by atoms with van der Waals surface area (Å²) in [5.41, 5.74) is 0.546. The second-order valence-corrected chi connectivity index (χ2v) is 6.99. The van der Waals surface area contributed by atoms with Crippen LogP contribution in [0.5, 0.6) is 0 Å². The van der Waals surface area contributed by atoms with E-state index in [-0.39, 0.29) is 19.1 Å². The van der Waals surface area contributed by atoms with Crippen LogP contribution in [0.4, 0.5) is 18.9 Å². The highest BCUT2D eigenvalue weighted by molar-refractivity contribution is 6.30. The van der Waals surface area contributed by atoms with Gasteiger partial charge in [0.25, 0.3) is 0 Å². The molecular weight excluding hydrogens is 393 g/mol. The number of carbonyl (C=O) groups is 1. The Morgan fingerprint density at radius 1 is 1.18 bits per heavy atom. The van der Waals surface area contributed by atoms with Crippen LogP contribution in [0.1, 0.15) is 18.1 Å². The third-order valence-electron chi connectivity index (χ3n) is 4.51. The molecular formula is C20H20ClF3N2O2. The second-order valence-electron chi connectivity index (χ2n) is 6.56. The number of carbonyl (C=O) groups excluding carboxylic acids is 1. The average molecular weight is 413 g/mol. The molecule has 1 heterocycles. The highest BCUT2D eigenvalue weighted by Gasteiger charge is 2.37. The molecule has 1 fully saturated rings. The maximum absolute atomic E-state index is 13.1. The van der Waals surface area contributed by atoms with E-state index in [0.717, 1.165) is 17.7 Å². The molecule has 0 radical (unpaired) electrons. The van der Waals surface area contributed by atoms with Gasteiger partial charge in [0, 0.05) is 24.7 Å². The van der Waals surface area contributed by atoms with Crippen LogP contribution < -0.4 is 5.01 Å². The van der Waals surface area contributed by atoms with E-state index in [0.29, 0.717) is 23.8 Å². The quantitative estimate of drug-likeness (QED) is 0.662. The number of benzene rings is 2. The van der Waals surface area contributed by atoms with Gasteiger partial charge in [0.15, 0.2) is 0 Å². The molecule has 0 aliphatic carbocycles. The Morgan fingerprint density at radius 3 is 2.61 bits per heavy atom. The van der Waals surface area contributed by atoms with E-state index in [4.69, 9.17) is 16.3 Å². The third-order valence-corrected chi connectivity index (χ3v) is 4.75. The Kier molecular flexibility index (Phi) is 6.15. The van der Waals surface area contributed by atoms with Gasteiger partial charge in [0.1, 0.15) is 0 Å². The Bertz CT molecular complexity index is 844. The molecule has 0 N–H and O–H groups in total. The summed E-state index contributed by atoms with van der Waals surface area (Å²) in [7, 11) is 0. The molecule has 0 amide bonds. The molecule has 0 aromatic heterocycles. The lowest BCUT2D eigenvalue weighted by Crippen LogP contribution is -2.36. The maximum Gasteiger partial charge on any atom is 0.416 e. The summed E-state index contributed by atoms with van der Waals surface area (Å²) in [6.07, 6.45) is -4.44. The average Bonchev–Trinajstić information content (AvgIpc) is 3.05. The minimum atomic E-state index is -4.44. The van der Waals surface area contributed by atoms with E-state index in [1.54, 1.807) is 30.1 Å². The van der Waals surface area contributed by atoms with Crippen LogP contribution in [0, 0.1) is 5.92 Å². The number of hydrazine groups is 1. The number of ether oxygens (including phenoxy) is 1. The largest absolute Gasteiger partial charge is 0.466 e. The van der Waals surface area contributed by atoms with Gasteiger partial charge in [-0.2, -0.15) is 13.2 Å². The fourth-order valence-corrected chi connectivity index (χ4v) is 3.46. The van der Waals surface area contributed by atoms with Gasteiger partial charge in [0.05, 0.1) is 23.8 Å². The monoisotopic (exact) mass is 412 g/mol. The molecule has 0 saturated carbocycles. The number of esters is 1. The molecule has 3 rings (SSSR count). The number of rotatable bonds is 5. The van der Waals surface area contributed by atoms with Crippen LogP contribution in [-0.2, 0) is 22.3 Å². The lowest BCUT2D eigenvalue weighted by atomic mass is 10.1. The van der Waals surface area contributed by atoms with Crippen molar-refractivity contribution in [2.75, 3.05) is 24.7 Å². The molecule has 1 unspecified atom stereocenters. The fourth-order valence-electron chi connectivity index (χ4n) is 3.25. The lowest BCUT2D eigenvalue weighted by molar-refractivity contribution is -0.147. The lowest BCUT2D eigenvalue weighted by Gasteiger charge is -2.30. The van der Waals surface area contributed by atoms with Gasteiger partial charge < -0.3 is 9.75 Å². The highest BCUT2D eigenvalue weighted by Crippen LogP contribution is 2.34. The van der Waals surface area contributed by atoms with Crippen molar-refractivity contribution in [1.29, 1.82) is 0 Å². The minimum absolute atomic E-state index is 0.251. The second kappa shape index (κ2) is 8.41. The zero-order chi connectivity index (χ0) is 20.3. The van der Waals surface area contributed by atoms with Crippen molar-refractivity contribution < 1.29 is 22.7 Å². The predicted molar refractivity (Wildman–Crippen MR) is 101 cm³/mol. The molecule has 28 heavy (non-hydrogen) atoms. The fraction of sp³-hybridized carbons (Fsp3) is 0.350. The Hall–Kier alpha value is -2.25. The summed E-state index contributed by atoms with van der Waals surface area (Å²) in [6, 6.07) is 12.3. The van der Waals surface area contributed by atoms with Gasteiger partial charge in [-0.3, -0.25) is 4.79 Å². The number of hydrogen-bond acceptors (Lipinski definition) is 4. The molecule has 1 saturated heterocycles. The van der Waals surface area contributed by atoms with Crippen LogP contribution in [0.25, 0.3) is 0 Å². The first-order chi connectivity index (χ1) is 13.3. The summed E-state index contributed by atoms with van der Waals surface area (Å²) >= 11 is 6.04. The van der Waals surface area contributed by atoms with E-state index in [2.05, 4.69) is 0 Å². The molecule has 4 nitrogen and oxygen atoms in total. The van der Waals surface area contributed by atoms with E-state index >= 15 is 0 Å². The number of alkyl halides is 3. The zero-order valence-corrected chi connectivity index (χ0v) is 16.0. The van der Waals surface area contributed by atoms with Crippen molar-refractivity contribution in [3.63, 3.8) is 0 Å². The van der Waals surface area contributed by atoms with Crippen LogP contribution >= 0.6 is 11.6 Å². The van der Waals surface area contributed by atoms with Crippen LogP contribution in [0.15, 0.2) is 48.5 Å². The number of hydrogen-bond donors (Lipinski definition) is 0. The molecule has 8 heteroatoms. The van der Waals surface area contributed by atoms with E-state index < -0.39 is 17.7 Å². The van der Waals surface area contributed by atoms with Gasteiger partial charge in [-0.05, 0) is 42.8 Å². The van der Waals surface area contributed by atoms with Gasteiger partial charge in [-0.15, -0.1) is 0 Å². The molecule has 1 atom stereocenters. The first-order valence-electron chi connectivity index (χ1n) is 8.88. The third kappa shape index (κ3) is 4.77. The van der Waals surface area contributed by atoms with E-state index in [1.165, 1.54) is 6.07 Å². The predicted octanol–water partition coefficient (Wildman–Crippen LogP) is 4.78. The van der Waals surface area contributed by atoms with Gasteiger partial charge in [-0.25, -0.2) is 5.01 Å². The number of halogens is 4. The van der Waals surface area contributed by atoms with Crippen molar-refractivity contribution >= 4 is 23.3 Å². The van der Waals surface area contributed by atoms with Crippen molar-refractivity contribution in [3.8, 4) is 0 Å². The van der Waals surface area contributed by atoms with Crippen LogP contribution in [0.2, 0.25) is 5.02 Å². The summed E-state index contributed by atoms with van der Waals surface area (Å²) in [5, 5.41) is 4.13. The van der Waals surface area contributed by atoms with Crippen molar-refractivity contribution in [2.24, 2.45) is 5.92 Å². The molecule has 1 aliphatic rings. The van der Waals surface area contributed by atoms with E-state index in [1.807, 2.05) is 17.1 Å². The molecule has 2 aromatic carbocycles. The number of nitrogens with zero attached hydrogens (tertiary/aromatic N) is 2. The number of anilines is 1. The Labute approximate surface area is 166 Å². The van der Waals surface area contributed by atoms with Crippen molar-refractivity contribution in [2.45, 2.75) is 19.6 Å². The molecule has 2 aromatic rings. The highest BCUT2D eigenvalue weighted by atomic mass is 35.5. The summed E-state index contributed by atoms with van der Waals surface area (Å²) < 4.78 is 44.5. The van der Waals surface area contributed by atoms with Crippen molar-refractivity contribution in [3.05, 3.63) is 64.7 Å². The summed E-state index contributed by atoms with van der Waals surface area (Å²) in [4.78, 5) is 12.2. The zero-order valence-electron chi connectivity index (χ0n) is 15.2. The minimum Gasteiger partial charge on any atom is -0.466 e. The maximum atomic E-state index is 13.1. The molecule has 0 spiro atoms. The van der Waals surface area contributed by atoms with Gasteiger partial charge in [-0.1, -0.05) is 29.8 Å². The first kappa shape index (κ1) is 20.5. The SMILES string of the molecule is CCOC(=O)C1CN(Cc2cccc(Cl)c2)N(c2cccc(C(F)(F)F)c2)C1.